The van der Waals surface area contributed by atoms with Crippen molar-refractivity contribution in [3.05, 3.63) is 28.2 Å². The van der Waals surface area contributed by atoms with Gasteiger partial charge in [0.15, 0.2) is 5.85 Å². The number of carbonyl (C=O) groups excluding carboxylic acids is 2. The van der Waals surface area contributed by atoms with Crippen molar-refractivity contribution in [1.29, 1.82) is 0 Å². The molecule has 1 saturated carbocycles. The maximum Gasteiger partial charge on any atom is 0.243 e. The molecule has 29 heavy (non-hydrogen) atoms. The topological polar surface area (TPSA) is 84.9 Å². The van der Waals surface area contributed by atoms with Gasteiger partial charge in [-0.2, -0.15) is 0 Å². The Kier molecular flexibility index (Phi) is 5.44. The van der Waals surface area contributed by atoms with Gasteiger partial charge < -0.3 is 20.2 Å². The van der Waals surface area contributed by atoms with Crippen molar-refractivity contribution in [2.45, 2.75) is 44.0 Å². The second-order valence-corrected chi connectivity index (χ2v) is 9.27. The van der Waals surface area contributed by atoms with E-state index in [9.17, 15) is 14.7 Å². The lowest BCUT2D eigenvalue weighted by molar-refractivity contribution is -0.132. The first-order valence-corrected chi connectivity index (χ1v) is 10.8. The first-order chi connectivity index (χ1) is 13.7. The minimum absolute atomic E-state index is 0.0370. The van der Waals surface area contributed by atoms with E-state index in [4.69, 9.17) is 23.2 Å². The predicted octanol–water partition coefficient (Wildman–Crippen LogP) is 1.96. The van der Waals surface area contributed by atoms with E-state index >= 15 is 0 Å². The molecule has 9 heteroatoms. The number of nitrogens with one attached hydrogen (secondary N) is 2. The van der Waals surface area contributed by atoms with E-state index in [1.54, 1.807) is 6.07 Å². The highest BCUT2D eigenvalue weighted by atomic mass is 35.5. The summed E-state index contributed by atoms with van der Waals surface area (Å²) in [5, 5.41) is 17.0. The lowest BCUT2D eigenvalue weighted by atomic mass is 9.87. The van der Waals surface area contributed by atoms with E-state index in [0.29, 0.717) is 42.6 Å². The molecule has 1 aromatic rings. The molecule has 2 heterocycles. The van der Waals surface area contributed by atoms with Crippen LogP contribution in [-0.2, 0) is 9.59 Å². The van der Waals surface area contributed by atoms with E-state index in [1.165, 1.54) is 6.92 Å². The summed E-state index contributed by atoms with van der Waals surface area (Å²) in [6.45, 7) is 4.14. The smallest absolute Gasteiger partial charge is 0.243 e. The lowest BCUT2D eigenvalue weighted by Gasteiger charge is -2.37. The third-order valence-corrected chi connectivity index (χ3v) is 6.52. The number of nitrogens with zero attached hydrogens (tertiary/aromatic N) is 2. The van der Waals surface area contributed by atoms with E-state index in [1.807, 2.05) is 17.0 Å². The summed E-state index contributed by atoms with van der Waals surface area (Å²) in [4.78, 5) is 29.4. The summed E-state index contributed by atoms with van der Waals surface area (Å²) in [6.07, 6.45) is 2.54. The highest BCUT2D eigenvalue weighted by molar-refractivity contribution is 6.35. The Hall–Kier alpha value is -1.54. The number of amides is 2. The second-order valence-electron chi connectivity index (χ2n) is 8.39. The average Bonchev–Trinajstić information content (AvgIpc) is 3.46. The number of benzene rings is 1. The van der Waals surface area contributed by atoms with Crippen LogP contribution in [-0.4, -0.2) is 59.4 Å². The first-order valence-electron chi connectivity index (χ1n) is 10.0. The van der Waals surface area contributed by atoms with Crippen LogP contribution in [0.3, 0.4) is 0 Å². The zero-order valence-corrected chi connectivity index (χ0v) is 17.9. The van der Waals surface area contributed by atoms with Crippen molar-refractivity contribution in [2.24, 2.45) is 5.92 Å². The van der Waals surface area contributed by atoms with Crippen molar-refractivity contribution in [2.75, 3.05) is 31.1 Å². The molecule has 1 unspecified atom stereocenters. The van der Waals surface area contributed by atoms with E-state index in [0.717, 1.165) is 18.5 Å². The van der Waals surface area contributed by atoms with E-state index in [-0.39, 0.29) is 24.2 Å². The standard InChI is InChI=1S/C20H26Cl2N4O3/c1-19(29)23-18(28)20(24-19,13-2-3-13)5-4-17(27)26-8-6-25(7-9-26)16-11-14(21)10-15(22)12-16/h10-13,24,29H,2-9H2,1H3,(H,23,28)/t19?,20-/m0/s1. The molecule has 0 bridgehead atoms. The highest BCUT2D eigenvalue weighted by Gasteiger charge is 2.58. The normalized spacial score (nSPS) is 29.9. The molecule has 158 valence electrons. The monoisotopic (exact) mass is 440 g/mol. The van der Waals surface area contributed by atoms with Gasteiger partial charge in [-0.25, -0.2) is 0 Å². The molecule has 0 radical (unpaired) electrons. The fourth-order valence-corrected chi connectivity index (χ4v) is 5.01. The molecule has 2 amide bonds. The van der Waals surface area contributed by atoms with Crippen molar-refractivity contribution in [3.8, 4) is 0 Å². The summed E-state index contributed by atoms with van der Waals surface area (Å²) >= 11 is 12.2. The van der Waals surface area contributed by atoms with Crippen molar-refractivity contribution >= 4 is 40.7 Å². The molecular weight excluding hydrogens is 415 g/mol. The van der Waals surface area contributed by atoms with Gasteiger partial charge >= 0.3 is 0 Å². The van der Waals surface area contributed by atoms with Crippen LogP contribution in [0.1, 0.15) is 32.6 Å². The van der Waals surface area contributed by atoms with E-state index < -0.39 is 11.4 Å². The first kappa shape index (κ1) is 20.7. The van der Waals surface area contributed by atoms with E-state index in [2.05, 4.69) is 15.5 Å². The third-order valence-electron chi connectivity index (χ3n) is 6.08. The number of halogens is 2. The zero-order valence-electron chi connectivity index (χ0n) is 16.4. The summed E-state index contributed by atoms with van der Waals surface area (Å²) in [5.74, 6) is -1.42. The maximum absolute atomic E-state index is 12.8. The van der Waals surface area contributed by atoms with Gasteiger partial charge in [-0.3, -0.25) is 14.9 Å². The lowest BCUT2D eigenvalue weighted by Crippen LogP contribution is -2.54. The van der Waals surface area contributed by atoms with Crippen LogP contribution in [0.2, 0.25) is 10.0 Å². The number of anilines is 1. The molecule has 1 aromatic carbocycles. The van der Waals surface area contributed by atoms with Crippen molar-refractivity contribution in [1.82, 2.24) is 15.5 Å². The predicted molar refractivity (Wildman–Crippen MR) is 112 cm³/mol. The van der Waals surface area contributed by atoms with Gasteiger partial charge in [0.2, 0.25) is 11.8 Å². The average molecular weight is 441 g/mol. The molecule has 2 atom stereocenters. The van der Waals surface area contributed by atoms with Crippen LogP contribution in [0.25, 0.3) is 0 Å². The van der Waals surface area contributed by atoms with Gasteiger partial charge in [-0.05, 0) is 50.3 Å². The number of aliphatic hydroxyl groups is 1. The fourth-order valence-electron chi connectivity index (χ4n) is 4.50. The van der Waals surface area contributed by atoms with Crippen LogP contribution in [0.4, 0.5) is 5.69 Å². The molecule has 0 spiro atoms. The molecule has 3 aliphatic rings. The Balaban J connectivity index is 1.34. The van der Waals surface area contributed by atoms with Crippen LogP contribution in [0.5, 0.6) is 0 Å². The van der Waals surface area contributed by atoms with Gasteiger partial charge in [0.25, 0.3) is 0 Å². The van der Waals surface area contributed by atoms with Gasteiger partial charge in [0.05, 0.1) is 0 Å². The van der Waals surface area contributed by atoms with Gasteiger partial charge in [0, 0.05) is 48.3 Å². The Morgan fingerprint density at radius 1 is 1.17 bits per heavy atom. The maximum atomic E-state index is 12.8. The minimum Gasteiger partial charge on any atom is -0.368 e. The van der Waals surface area contributed by atoms with Crippen molar-refractivity contribution < 1.29 is 14.7 Å². The molecule has 4 rings (SSSR count). The minimum atomic E-state index is -1.42. The molecule has 1 aliphatic carbocycles. The van der Waals surface area contributed by atoms with Crippen LogP contribution in [0, 0.1) is 5.92 Å². The zero-order chi connectivity index (χ0) is 20.8. The highest BCUT2D eigenvalue weighted by Crippen LogP contribution is 2.45. The Labute approximate surface area is 180 Å². The summed E-state index contributed by atoms with van der Waals surface area (Å²) in [7, 11) is 0. The number of piperazine rings is 1. The summed E-state index contributed by atoms with van der Waals surface area (Å²) < 4.78 is 0. The molecule has 3 fully saturated rings. The largest absolute Gasteiger partial charge is 0.368 e. The molecule has 2 aliphatic heterocycles. The molecule has 7 nitrogen and oxygen atoms in total. The molecular formula is C20H26Cl2N4O3. The molecule has 0 aromatic heterocycles. The van der Waals surface area contributed by atoms with Gasteiger partial charge in [0.1, 0.15) is 5.54 Å². The Morgan fingerprint density at radius 3 is 2.31 bits per heavy atom. The Morgan fingerprint density at radius 2 is 1.79 bits per heavy atom. The van der Waals surface area contributed by atoms with Crippen LogP contribution < -0.4 is 15.5 Å². The van der Waals surface area contributed by atoms with Gasteiger partial charge in [-0.1, -0.05) is 23.2 Å². The summed E-state index contributed by atoms with van der Waals surface area (Å²) in [6, 6.07) is 5.45. The Bertz CT molecular complexity index is 802. The quantitative estimate of drug-likeness (QED) is 0.651. The number of hydrogen-bond donors (Lipinski definition) is 3. The summed E-state index contributed by atoms with van der Waals surface area (Å²) in [5.41, 5.74) is 0.106. The van der Waals surface area contributed by atoms with Crippen LogP contribution >= 0.6 is 23.2 Å². The molecule has 3 N–H and O–H groups in total. The number of rotatable bonds is 5. The van der Waals surface area contributed by atoms with Gasteiger partial charge in [-0.15, -0.1) is 0 Å². The number of hydrogen-bond acceptors (Lipinski definition) is 5. The molecule has 2 saturated heterocycles. The SMILES string of the molecule is CC1(O)NC(=O)[C@](CCC(=O)N2CCN(c3cc(Cl)cc(Cl)c3)CC2)(C2CC2)N1. The van der Waals surface area contributed by atoms with Crippen molar-refractivity contribution in [3.63, 3.8) is 0 Å². The second kappa shape index (κ2) is 7.61. The number of carbonyl (C=O) groups is 2. The fraction of sp³-hybridized carbons (Fsp3) is 0.600. The third kappa shape index (κ3) is 4.33. The van der Waals surface area contributed by atoms with Crippen LogP contribution in [0.15, 0.2) is 18.2 Å².